The molecule has 0 fully saturated rings. The van der Waals surface area contributed by atoms with Gasteiger partial charge in [-0.15, -0.1) is 0 Å². The van der Waals surface area contributed by atoms with Crippen LogP contribution in [0.15, 0.2) is 15.9 Å². The van der Waals surface area contributed by atoms with E-state index in [0.717, 1.165) is 6.42 Å². The largest absolute Gasteiger partial charge is 0.393 e. The van der Waals surface area contributed by atoms with Gasteiger partial charge in [0.15, 0.2) is 11.2 Å². The van der Waals surface area contributed by atoms with Crippen molar-refractivity contribution in [3.8, 4) is 0 Å². The Morgan fingerprint density at radius 3 is 2.50 bits per heavy atom. The fourth-order valence-corrected chi connectivity index (χ4v) is 2.67. The Bertz CT molecular complexity index is 754. The first-order valence-corrected chi connectivity index (χ1v) is 7.87. The molecule has 2 heterocycles. The molecule has 22 heavy (non-hydrogen) atoms. The van der Waals surface area contributed by atoms with Crippen LogP contribution in [0.4, 0.5) is 0 Å². The topological polar surface area (TPSA) is 82.1 Å². The number of aliphatic hydroxyl groups excluding tert-OH is 1. The summed E-state index contributed by atoms with van der Waals surface area (Å²) in [6, 6.07) is 0. The Hall–Kier alpha value is -1.89. The molecule has 0 aliphatic carbocycles. The van der Waals surface area contributed by atoms with Crippen LogP contribution in [-0.4, -0.2) is 29.9 Å². The van der Waals surface area contributed by atoms with Gasteiger partial charge in [-0.05, 0) is 40.0 Å². The maximum atomic E-state index is 12.6. The average Bonchev–Trinajstić information content (AvgIpc) is 2.90. The Morgan fingerprint density at radius 1 is 1.18 bits per heavy atom. The highest BCUT2D eigenvalue weighted by Gasteiger charge is 2.16. The van der Waals surface area contributed by atoms with E-state index in [1.54, 1.807) is 17.8 Å². The van der Waals surface area contributed by atoms with Gasteiger partial charge in [-0.2, -0.15) is 0 Å². The van der Waals surface area contributed by atoms with Crippen molar-refractivity contribution in [3.63, 3.8) is 0 Å². The van der Waals surface area contributed by atoms with Crippen molar-refractivity contribution in [2.75, 3.05) is 0 Å². The number of aromatic nitrogens is 4. The van der Waals surface area contributed by atoms with E-state index in [-0.39, 0.29) is 17.4 Å². The summed E-state index contributed by atoms with van der Waals surface area (Å²) >= 11 is 0. The van der Waals surface area contributed by atoms with Crippen molar-refractivity contribution in [1.82, 2.24) is 18.7 Å². The predicted molar refractivity (Wildman–Crippen MR) is 85.1 cm³/mol. The smallest absolute Gasteiger partial charge is 0.332 e. The zero-order chi connectivity index (χ0) is 16.3. The van der Waals surface area contributed by atoms with Crippen molar-refractivity contribution in [2.45, 2.75) is 65.8 Å². The molecule has 122 valence electrons. The van der Waals surface area contributed by atoms with Crippen LogP contribution in [-0.2, 0) is 19.6 Å². The number of hydrogen-bond donors (Lipinski definition) is 1. The summed E-state index contributed by atoms with van der Waals surface area (Å²) in [5.74, 6) is 0. The summed E-state index contributed by atoms with van der Waals surface area (Å²) in [7, 11) is 0. The molecule has 7 heteroatoms. The average molecular weight is 308 g/mol. The summed E-state index contributed by atoms with van der Waals surface area (Å²) in [6.45, 7) is 7.03. The molecule has 1 N–H and O–H groups in total. The molecule has 0 radical (unpaired) electrons. The third kappa shape index (κ3) is 2.99. The van der Waals surface area contributed by atoms with E-state index in [1.165, 1.54) is 9.13 Å². The van der Waals surface area contributed by atoms with E-state index in [9.17, 15) is 14.7 Å². The summed E-state index contributed by atoms with van der Waals surface area (Å²) in [4.78, 5) is 29.3. The van der Waals surface area contributed by atoms with Crippen molar-refractivity contribution < 1.29 is 5.11 Å². The Morgan fingerprint density at radius 2 is 1.91 bits per heavy atom. The second-order valence-electron chi connectivity index (χ2n) is 5.53. The quantitative estimate of drug-likeness (QED) is 0.772. The van der Waals surface area contributed by atoms with E-state index in [1.807, 2.05) is 13.8 Å². The van der Waals surface area contributed by atoms with Gasteiger partial charge >= 0.3 is 5.69 Å². The minimum Gasteiger partial charge on any atom is -0.393 e. The van der Waals surface area contributed by atoms with Crippen molar-refractivity contribution in [3.05, 3.63) is 27.2 Å². The number of aryl methyl sites for hydroxylation is 2. The molecule has 0 spiro atoms. The van der Waals surface area contributed by atoms with Gasteiger partial charge in [0, 0.05) is 19.6 Å². The summed E-state index contributed by atoms with van der Waals surface area (Å²) in [6.07, 6.45) is 3.39. The summed E-state index contributed by atoms with van der Waals surface area (Å²) < 4.78 is 4.61. The molecule has 2 aromatic rings. The van der Waals surface area contributed by atoms with Crippen LogP contribution in [0.1, 0.15) is 40.0 Å². The first kappa shape index (κ1) is 16.5. The van der Waals surface area contributed by atoms with Crippen molar-refractivity contribution in [1.29, 1.82) is 0 Å². The van der Waals surface area contributed by atoms with Crippen LogP contribution < -0.4 is 11.2 Å². The zero-order valence-corrected chi connectivity index (χ0v) is 13.4. The van der Waals surface area contributed by atoms with Crippen LogP contribution in [0.3, 0.4) is 0 Å². The Kier molecular flexibility index (Phi) is 5.18. The monoisotopic (exact) mass is 308 g/mol. The highest BCUT2D eigenvalue weighted by atomic mass is 16.3. The van der Waals surface area contributed by atoms with Crippen molar-refractivity contribution in [2.24, 2.45) is 0 Å². The fraction of sp³-hybridized carbons (Fsp3) is 0.667. The van der Waals surface area contributed by atoms with Gasteiger partial charge in [0.05, 0.1) is 12.4 Å². The normalized spacial score (nSPS) is 12.9. The number of aliphatic hydroxyl groups is 1. The fourth-order valence-electron chi connectivity index (χ4n) is 2.67. The third-order valence-corrected chi connectivity index (χ3v) is 3.89. The lowest BCUT2D eigenvalue weighted by Gasteiger charge is -2.11. The highest BCUT2D eigenvalue weighted by molar-refractivity contribution is 5.70. The molecule has 1 atom stereocenters. The van der Waals surface area contributed by atoms with Gasteiger partial charge in [0.1, 0.15) is 0 Å². The van der Waals surface area contributed by atoms with Gasteiger partial charge in [-0.25, -0.2) is 9.78 Å². The van der Waals surface area contributed by atoms with Gasteiger partial charge < -0.3 is 9.67 Å². The molecule has 0 saturated heterocycles. The molecule has 0 aliphatic rings. The second-order valence-corrected chi connectivity index (χ2v) is 5.53. The van der Waals surface area contributed by atoms with Crippen LogP contribution in [0.25, 0.3) is 11.2 Å². The molecular formula is C15H24N4O3. The van der Waals surface area contributed by atoms with E-state index < -0.39 is 0 Å². The number of unbranched alkanes of at least 4 members (excludes halogenated alkanes) is 1. The summed E-state index contributed by atoms with van der Waals surface area (Å²) in [5, 5.41) is 9.28. The van der Waals surface area contributed by atoms with Gasteiger partial charge in [-0.3, -0.25) is 13.9 Å². The van der Waals surface area contributed by atoms with E-state index in [0.29, 0.717) is 43.6 Å². The molecule has 0 aliphatic heterocycles. The Balaban J connectivity index is 2.45. The van der Waals surface area contributed by atoms with E-state index >= 15 is 0 Å². The molecule has 2 aromatic heterocycles. The van der Waals surface area contributed by atoms with Crippen LogP contribution in [0.2, 0.25) is 0 Å². The Labute approximate surface area is 128 Å². The minimum absolute atomic E-state index is 0.277. The highest BCUT2D eigenvalue weighted by Crippen LogP contribution is 2.07. The second kappa shape index (κ2) is 6.91. The first-order chi connectivity index (χ1) is 10.5. The molecule has 0 saturated carbocycles. The van der Waals surface area contributed by atoms with Crippen LogP contribution >= 0.6 is 0 Å². The van der Waals surface area contributed by atoms with E-state index in [4.69, 9.17) is 0 Å². The van der Waals surface area contributed by atoms with Crippen LogP contribution in [0, 0.1) is 0 Å². The lowest BCUT2D eigenvalue weighted by Crippen LogP contribution is -2.40. The third-order valence-electron chi connectivity index (χ3n) is 3.89. The van der Waals surface area contributed by atoms with Gasteiger partial charge in [-0.1, -0.05) is 0 Å². The molecular weight excluding hydrogens is 284 g/mol. The first-order valence-electron chi connectivity index (χ1n) is 7.87. The van der Waals surface area contributed by atoms with Crippen LogP contribution in [0.5, 0.6) is 0 Å². The number of rotatable bonds is 7. The predicted octanol–water partition coefficient (Wildman–Crippen LogP) is 0.951. The van der Waals surface area contributed by atoms with Crippen molar-refractivity contribution >= 4 is 11.2 Å². The lowest BCUT2D eigenvalue weighted by atomic mass is 10.2. The number of fused-ring (bicyclic) bond motifs is 1. The maximum Gasteiger partial charge on any atom is 0.332 e. The zero-order valence-electron chi connectivity index (χ0n) is 13.4. The summed E-state index contributed by atoms with van der Waals surface area (Å²) in [5.41, 5.74) is 0.360. The number of imidazole rings is 1. The van der Waals surface area contributed by atoms with Gasteiger partial charge in [0.2, 0.25) is 0 Å². The maximum absolute atomic E-state index is 12.6. The number of hydrogen-bond acceptors (Lipinski definition) is 4. The lowest BCUT2D eigenvalue weighted by molar-refractivity contribution is 0.180. The number of nitrogens with zero attached hydrogens (tertiary/aromatic N) is 4. The molecule has 0 bridgehead atoms. The molecule has 0 aromatic carbocycles. The van der Waals surface area contributed by atoms with E-state index in [2.05, 4.69) is 4.98 Å². The molecule has 2 rings (SSSR count). The SMILES string of the molecule is CCn1cnc2c1c(=O)n(CCCC[C@@H](C)O)c(=O)n2CC. The molecule has 0 amide bonds. The van der Waals surface area contributed by atoms with Gasteiger partial charge in [0.25, 0.3) is 5.56 Å². The molecule has 0 unspecified atom stereocenters. The standard InChI is InChI=1S/C15H24N4O3/c1-4-17-10-16-13-12(17)14(21)19(15(22)18(13)5-2)9-7-6-8-11(3)20/h10-11,20H,4-9H2,1-3H3/t11-/m1/s1. The molecule has 7 nitrogen and oxygen atoms in total. The minimum atomic E-state index is -0.354.